The van der Waals surface area contributed by atoms with Crippen LogP contribution in [0.3, 0.4) is 0 Å². The van der Waals surface area contributed by atoms with Gasteiger partial charge in [-0.3, -0.25) is 0 Å². The fourth-order valence-corrected chi connectivity index (χ4v) is 2.81. The van der Waals surface area contributed by atoms with Crippen LogP contribution in [0.15, 0.2) is 79.1 Å². The van der Waals surface area contributed by atoms with Crippen LogP contribution >= 0.6 is 0 Å². The van der Waals surface area contributed by atoms with Crippen molar-refractivity contribution in [1.29, 1.82) is 0 Å². The molecule has 0 aliphatic carbocycles. The van der Waals surface area contributed by atoms with Gasteiger partial charge in [0.15, 0.2) is 18.9 Å². The molecule has 2 aromatic carbocycles. The molecule has 0 saturated carbocycles. The Morgan fingerprint density at radius 1 is 0.667 bits per heavy atom. The van der Waals surface area contributed by atoms with E-state index in [4.69, 9.17) is 0 Å². The van der Waals surface area contributed by atoms with Crippen LogP contribution < -0.4 is 9.47 Å². The maximum Gasteiger partial charge on any atom is 0.173 e. The minimum atomic E-state index is 0.909. The summed E-state index contributed by atoms with van der Waals surface area (Å²) in [6, 6.07) is 24.0. The predicted octanol–water partition coefficient (Wildman–Crippen LogP) is 3.87. The summed E-state index contributed by atoms with van der Waals surface area (Å²) in [5.41, 5.74) is 5.36. The second-order valence-electron chi connectivity index (χ2n) is 6.43. The molecule has 3 aromatic rings. The van der Waals surface area contributed by atoms with Crippen LogP contribution in [0.2, 0.25) is 0 Å². The number of hydrogen-bond donors (Lipinski definition) is 0. The molecule has 0 spiro atoms. The SMILES string of the molecule is CN(C)c1cc[n+](Cc2ccc(CCc3ccccc3)cc2)cc1. The van der Waals surface area contributed by atoms with Gasteiger partial charge in [0.2, 0.25) is 0 Å². The highest BCUT2D eigenvalue weighted by Gasteiger charge is 2.04. The van der Waals surface area contributed by atoms with Gasteiger partial charge in [-0.2, -0.15) is 0 Å². The Morgan fingerprint density at radius 3 is 1.79 bits per heavy atom. The predicted molar refractivity (Wildman–Crippen MR) is 100 cm³/mol. The van der Waals surface area contributed by atoms with Crippen LogP contribution in [-0.2, 0) is 19.4 Å². The van der Waals surface area contributed by atoms with E-state index in [0.717, 1.165) is 19.4 Å². The van der Waals surface area contributed by atoms with Crippen molar-refractivity contribution < 1.29 is 4.57 Å². The molecule has 2 heteroatoms. The molecule has 2 nitrogen and oxygen atoms in total. The van der Waals surface area contributed by atoms with Crippen molar-refractivity contribution in [3.8, 4) is 0 Å². The van der Waals surface area contributed by atoms with Crippen LogP contribution in [0.5, 0.6) is 0 Å². The fourth-order valence-electron chi connectivity index (χ4n) is 2.81. The Hall–Kier alpha value is -2.61. The minimum absolute atomic E-state index is 0.909. The number of hydrogen-bond acceptors (Lipinski definition) is 1. The Kier molecular flexibility index (Phi) is 5.27. The van der Waals surface area contributed by atoms with Gasteiger partial charge in [0, 0.05) is 37.5 Å². The molecule has 0 unspecified atom stereocenters. The third kappa shape index (κ3) is 4.45. The highest BCUT2D eigenvalue weighted by Crippen LogP contribution is 2.10. The van der Waals surface area contributed by atoms with Crippen LogP contribution in [0.1, 0.15) is 16.7 Å². The van der Waals surface area contributed by atoms with E-state index in [2.05, 4.69) is 103 Å². The van der Waals surface area contributed by atoms with E-state index in [9.17, 15) is 0 Å². The lowest BCUT2D eigenvalue weighted by Gasteiger charge is -2.10. The molecule has 0 amide bonds. The maximum absolute atomic E-state index is 2.26. The zero-order valence-electron chi connectivity index (χ0n) is 14.5. The Balaban J connectivity index is 1.58. The topological polar surface area (TPSA) is 7.12 Å². The molecule has 24 heavy (non-hydrogen) atoms. The normalized spacial score (nSPS) is 10.6. The average Bonchev–Trinajstić information content (AvgIpc) is 2.62. The highest BCUT2D eigenvalue weighted by atomic mass is 15.1. The van der Waals surface area contributed by atoms with E-state index in [1.165, 1.54) is 22.4 Å². The largest absolute Gasteiger partial charge is 0.377 e. The molecule has 1 aromatic heterocycles. The summed E-state index contributed by atoms with van der Waals surface area (Å²) in [6.07, 6.45) is 6.47. The first-order chi connectivity index (χ1) is 11.7. The van der Waals surface area contributed by atoms with E-state index in [1.807, 2.05) is 0 Å². The van der Waals surface area contributed by atoms with E-state index < -0.39 is 0 Å². The van der Waals surface area contributed by atoms with Gasteiger partial charge >= 0.3 is 0 Å². The summed E-state index contributed by atoms with van der Waals surface area (Å²) in [7, 11) is 4.13. The molecular weight excluding hydrogens is 292 g/mol. The maximum atomic E-state index is 2.26. The fraction of sp³-hybridized carbons (Fsp3) is 0.227. The third-order valence-electron chi connectivity index (χ3n) is 4.32. The minimum Gasteiger partial charge on any atom is -0.377 e. The van der Waals surface area contributed by atoms with E-state index >= 15 is 0 Å². The molecule has 3 rings (SSSR count). The lowest BCUT2D eigenvalue weighted by molar-refractivity contribution is -0.688. The standard InChI is InChI=1S/C22H25N2/c1-23(2)22-14-16-24(17-15-22)18-21-12-10-20(11-13-21)9-8-19-6-4-3-5-7-19/h3-7,10-17H,8-9,18H2,1-2H3/q+1. The lowest BCUT2D eigenvalue weighted by Crippen LogP contribution is -2.33. The van der Waals surface area contributed by atoms with Crippen molar-refractivity contribution >= 4 is 5.69 Å². The first kappa shape index (κ1) is 16.3. The molecule has 0 aliphatic heterocycles. The van der Waals surface area contributed by atoms with Crippen molar-refractivity contribution in [2.24, 2.45) is 0 Å². The van der Waals surface area contributed by atoms with Crippen molar-refractivity contribution in [2.45, 2.75) is 19.4 Å². The van der Waals surface area contributed by atoms with Crippen molar-refractivity contribution in [3.05, 3.63) is 95.8 Å². The molecule has 1 heterocycles. The summed E-state index contributed by atoms with van der Waals surface area (Å²) < 4.78 is 2.21. The molecule has 122 valence electrons. The Labute approximate surface area is 145 Å². The zero-order chi connectivity index (χ0) is 16.8. The second-order valence-corrected chi connectivity index (χ2v) is 6.43. The summed E-state index contributed by atoms with van der Waals surface area (Å²) in [5.74, 6) is 0. The van der Waals surface area contributed by atoms with Gasteiger partial charge in [0.05, 0.1) is 0 Å². The smallest absolute Gasteiger partial charge is 0.173 e. The molecule has 0 saturated heterocycles. The van der Waals surface area contributed by atoms with E-state index in [1.54, 1.807) is 0 Å². The van der Waals surface area contributed by atoms with Crippen LogP contribution in [-0.4, -0.2) is 14.1 Å². The summed E-state index contributed by atoms with van der Waals surface area (Å²) in [5, 5.41) is 0. The van der Waals surface area contributed by atoms with Gasteiger partial charge in [0.25, 0.3) is 0 Å². The van der Waals surface area contributed by atoms with Crippen LogP contribution in [0, 0.1) is 0 Å². The van der Waals surface area contributed by atoms with Gasteiger partial charge in [0.1, 0.15) is 0 Å². The number of anilines is 1. The van der Waals surface area contributed by atoms with Gasteiger partial charge in [-0.25, -0.2) is 4.57 Å². The average molecular weight is 317 g/mol. The molecule has 0 atom stereocenters. The quantitative estimate of drug-likeness (QED) is 0.626. The number of benzene rings is 2. The van der Waals surface area contributed by atoms with E-state index in [-0.39, 0.29) is 0 Å². The van der Waals surface area contributed by atoms with Gasteiger partial charge < -0.3 is 4.90 Å². The monoisotopic (exact) mass is 317 g/mol. The first-order valence-electron chi connectivity index (χ1n) is 8.49. The van der Waals surface area contributed by atoms with Gasteiger partial charge in [-0.05, 0) is 24.0 Å². The lowest BCUT2D eigenvalue weighted by atomic mass is 10.0. The van der Waals surface area contributed by atoms with Gasteiger partial charge in [-0.15, -0.1) is 0 Å². The molecule has 0 aliphatic rings. The summed E-state index contributed by atoms with van der Waals surface area (Å²) in [6.45, 7) is 0.909. The number of aryl methyl sites for hydroxylation is 2. The van der Waals surface area contributed by atoms with Crippen molar-refractivity contribution in [3.63, 3.8) is 0 Å². The Morgan fingerprint density at radius 2 is 1.21 bits per heavy atom. The molecule has 0 fully saturated rings. The zero-order valence-corrected chi connectivity index (χ0v) is 14.5. The van der Waals surface area contributed by atoms with Crippen molar-refractivity contribution in [1.82, 2.24) is 0 Å². The van der Waals surface area contributed by atoms with Crippen LogP contribution in [0.25, 0.3) is 0 Å². The summed E-state index contributed by atoms with van der Waals surface area (Å²) >= 11 is 0. The first-order valence-corrected chi connectivity index (χ1v) is 8.49. The number of pyridine rings is 1. The van der Waals surface area contributed by atoms with Crippen LogP contribution in [0.4, 0.5) is 5.69 Å². The van der Waals surface area contributed by atoms with E-state index in [0.29, 0.717) is 0 Å². The molecular formula is C22H25N2+. The summed E-state index contributed by atoms with van der Waals surface area (Å²) in [4.78, 5) is 2.12. The van der Waals surface area contributed by atoms with Crippen molar-refractivity contribution in [2.75, 3.05) is 19.0 Å². The molecule has 0 radical (unpaired) electrons. The number of nitrogens with zero attached hydrogens (tertiary/aromatic N) is 2. The molecule has 0 bridgehead atoms. The number of rotatable bonds is 6. The highest BCUT2D eigenvalue weighted by molar-refractivity contribution is 5.41. The third-order valence-corrected chi connectivity index (χ3v) is 4.32. The van der Waals surface area contributed by atoms with Gasteiger partial charge in [-0.1, -0.05) is 54.6 Å². The number of aromatic nitrogens is 1. The molecule has 0 N–H and O–H groups in total. The second kappa shape index (κ2) is 7.78. The Bertz CT molecular complexity index is 744.